The normalized spacial score (nSPS) is 10.2. The molecule has 0 amide bonds. The first-order valence-corrected chi connectivity index (χ1v) is 6.69. The molecular formula is C13H16Cl2O3. The van der Waals surface area contributed by atoms with Crippen molar-refractivity contribution >= 4 is 29.2 Å². The minimum Gasteiger partial charge on any atom is -0.482 e. The van der Waals surface area contributed by atoms with Crippen molar-refractivity contribution < 1.29 is 14.3 Å². The summed E-state index contributed by atoms with van der Waals surface area (Å²) in [6.07, 6.45) is 0.804. The van der Waals surface area contributed by atoms with E-state index in [9.17, 15) is 4.79 Å². The van der Waals surface area contributed by atoms with E-state index in [4.69, 9.17) is 32.7 Å². The Hall–Kier alpha value is -0.930. The van der Waals surface area contributed by atoms with E-state index < -0.39 is 5.97 Å². The topological polar surface area (TPSA) is 35.5 Å². The molecule has 1 rings (SSSR count). The van der Waals surface area contributed by atoms with Crippen LogP contribution in [0.25, 0.3) is 0 Å². The molecule has 0 aliphatic rings. The fraction of sp³-hybridized carbons (Fsp3) is 0.462. The number of carbonyl (C=O) groups is 1. The SMILES string of the molecule is CCOC(=O)COc1cc(Cl)c(CCl)c(CC)c1. The number of alkyl halides is 1. The third kappa shape index (κ3) is 4.07. The van der Waals surface area contributed by atoms with Crippen molar-refractivity contribution in [3.05, 3.63) is 28.3 Å². The van der Waals surface area contributed by atoms with Crippen LogP contribution in [0.1, 0.15) is 25.0 Å². The van der Waals surface area contributed by atoms with E-state index in [1.54, 1.807) is 13.0 Å². The van der Waals surface area contributed by atoms with Gasteiger partial charge in [0.15, 0.2) is 6.61 Å². The minimum absolute atomic E-state index is 0.118. The largest absolute Gasteiger partial charge is 0.482 e. The van der Waals surface area contributed by atoms with Crippen LogP contribution in [0.2, 0.25) is 5.02 Å². The molecule has 3 nitrogen and oxygen atoms in total. The van der Waals surface area contributed by atoms with Gasteiger partial charge in [0.05, 0.1) is 6.61 Å². The Kier molecular flexibility index (Phi) is 6.30. The molecular weight excluding hydrogens is 275 g/mol. The summed E-state index contributed by atoms with van der Waals surface area (Å²) in [7, 11) is 0. The lowest BCUT2D eigenvalue weighted by atomic mass is 10.1. The summed E-state index contributed by atoms with van der Waals surface area (Å²) in [6.45, 7) is 3.98. The monoisotopic (exact) mass is 290 g/mol. The van der Waals surface area contributed by atoms with Gasteiger partial charge in [-0.05, 0) is 36.6 Å². The lowest BCUT2D eigenvalue weighted by Crippen LogP contribution is -2.14. The van der Waals surface area contributed by atoms with Gasteiger partial charge in [-0.1, -0.05) is 18.5 Å². The van der Waals surface area contributed by atoms with E-state index >= 15 is 0 Å². The van der Waals surface area contributed by atoms with E-state index in [0.717, 1.165) is 17.5 Å². The highest BCUT2D eigenvalue weighted by Crippen LogP contribution is 2.28. The lowest BCUT2D eigenvalue weighted by Gasteiger charge is -2.11. The number of halogens is 2. The molecule has 0 saturated heterocycles. The zero-order valence-corrected chi connectivity index (χ0v) is 12.0. The van der Waals surface area contributed by atoms with Crippen LogP contribution in [0, 0.1) is 0 Å². The van der Waals surface area contributed by atoms with Crippen molar-refractivity contribution in [1.29, 1.82) is 0 Å². The fourth-order valence-corrected chi connectivity index (χ4v) is 2.24. The van der Waals surface area contributed by atoms with E-state index in [-0.39, 0.29) is 6.61 Å². The highest BCUT2D eigenvalue weighted by Gasteiger charge is 2.10. The Morgan fingerprint density at radius 3 is 2.61 bits per heavy atom. The summed E-state index contributed by atoms with van der Waals surface area (Å²) in [5, 5.41) is 0.559. The van der Waals surface area contributed by atoms with Gasteiger partial charge < -0.3 is 9.47 Å². The molecule has 5 heteroatoms. The van der Waals surface area contributed by atoms with Gasteiger partial charge in [-0.3, -0.25) is 0 Å². The quantitative estimate of drug-likeness (QED) is 0.593. The first-order chi connectivity index (χ1) is 8.62. The number of aryl methyl sites for hydroxylation is 1. The summed E-state index contributed by atoms with van der Waals surface area (Å²) >= 11 is 11.9. The second kappa shape index (κ2) is 7.49. The lowest BCUT2D eigenvalue weighted by molar-refractivity contribution is -0.145. The van der Waals surface area contributed by atoms with Gasteiger partial charge in [-0.2, -0.15) is 0 Å². The van der Waals surface area contributed by atoms with Crippen LogP contribution in [0.15, 0.2) is 12.1 Å². The van der Waals surface area contributed by atoms with Crippen LogP contribution < -0.4 is 4.74 Å². The van der Waals surface area contributed by atoms with Crippen LogP contribution >= 0.6 is 23.2 Å². The third-order valence-electron chi connectivity index (χ3n) is 2.44. The minimum atomic E-state index is -0.395. The molecule has 0 aliphatic carbocycles. The molecule has 18 heavy (non-hydrogen) atoms. The summed E-state index contributed by atoms with van der Waals surface area (Å²) < 4.78 is 10.1. The second-order valence-corrected chi connectivity index (χ2v) is 4.30. The standard InChI is InChI=1S/C13H16Cl2O3/c1-3-9-5-10(6-12(15)11(9)7-14)18-8-13(16)17-4-2/h5-6H,3-4,7-8H2,1-2H3. The van der Waals surface area contributed by atoms with Crippen molar-refractivity contribution in [2.24, 2.45) is 0 Å². The zero-order valence-electron chi connectivity index (χ0n) is 10.5. The Morgan fingerprint density at radius 2 is 2.06 bits per heavy atom. The van der Waals surface area contributed by atoms with Gasteiger partial charge in [-0.15, -0.1) is 11.6 Å². The number of carbonyl (C=O) groups excluding carboxylic acids is 1. The number of hydrogen-bond donors (Lipinski definition) is 0. The van der Waals surface area contributed by atoms with Crippen molar-refractivity contribution in [2.75, 3.05) is 13.2 Å². The van der Waals surface area contributed by atoms with Gasteiger partial charge in [0.2, 0.25) is 0 Å². The van der Waals surface area contributed by atoms with Gasteiger partial charge in [0, 0.05) is 10.9 Å². The Balaban J connectivity index is 2.78. The molecule has 0 N–H and O–H groups in total. The zero-order chi connectivity index (χ0) is 13.5. The van der Waals surface area contributed by atoms with Crippen molar-refractivity contribution in [2.45, 2.75) is 26.1 Å². The Morgan fingerprint density at radius 1 is 1.33 bits per heavy atom. The van der Waals surface area contributed by atoms with Gasteiger partial charge in [0.1, 0.15) is 5.75 Å². The summed E-state index contributed by atoms with van der Waals surface area (Å²) in [6, 6.07) is 3.51. The molecule has 0 spiro atoms. The molecule has 0 fully saturated rings. The Labute approximate surface area is 117 Å². The van der Waals surface area contributed by atoms with E-state index in [1.165, 1.54) is 0 Å². The molecule has 0 bridgehead atoms. The van der Waals surface area contributed by atoms with Crippen LogP contribution in [-0.2, 0) is 21.8 Å². The van der Waals surface area contributed by atoms with Crippen LogP contribution in [-0.4, -0.2) is 19.2 Å². The van der Waals surface area contributed by atoms with Crippen LogP contribution in [0.3, 0.4) is 0 Å². The van der Waals surface area contributed by atoms with E-state index in [2.05, 4.69) is 0 Å². The van der Waals surface area contributed by atoms with Crippen molar-refractivity contribution in [3.63, 3.8) is 0 Å². The predicted molar refractivity (Wildman–Crippen MR) is 72.5 cm³/mol. The van der Waals surface area contributed by atoms with Gasteiger partial charge in [-0.25, -0.2) is 4.79 Å². The van der Waals surface area contributed by atoms with Crippen LogP contribution in [0.4, 0.5) is 0 Å². The molecule has 100 valence electrons. The maximum Gasteiger partial charge on any atom is 0.344 e. The maximum absolute atomic E-state index is 11.2. The fourth-order valence-electron chi connectivity index (χ4n) is 1.56. The molecule has 0 atom stereocenters. The number of ether oxygens (including phenoxy) is 2. The molecule has 0 aliphatic heterocycles. The average Bonchev–Trinajstić information content (AvgIpc) is 2.36. The van der Waals surface area contributed by atoms with Crippen molar-refractivity contribution in [1.82, 2.24) is 0 Å². The molecule has 1 aromatic rings. The van der Waals surface area contributed by atoms with Crippen molar-refractivity contribution in [3.8, 4) is 5.75 Å². The van der Waals surface area contributed by atoms with Crippen LogP contribution in [0.5, 0.6) is 5.75 Å². The highest BCUT2D eigenvalue weighted by molar-refractivity contribution is 6.32. The average molecular weight is 291 g/mol. The van der Waals surface area contributed by atoms with Gasteiger partial charge in [0.25, 0.3) is 0 Å². The predicted octanol–water partition coefficient (Wildman–Crippen LogP) is 3.58. The van der Waals surface area contributed by atoms with E-state index in [0.29, 0.717) is 23.3 Å². The first kappa shape index (κ1) is 15.1. The molecule has 0 saturated carbocycles. The maximum atomic E-state index is 11.2. The number of hydrogen-bond acceptors (Lipinski definition) is 3. The first-order valence-electron chi connectivity index (χ1n) is 5.78. The number of rotatable bonds is 6. The summed E-state index contributed by atoms with van der Waals surface area (Å²) in [4.78, 5) is 11.2. The molecule has 0 radical (unpaired) electrons. The second-order valence-electron chi connectivity index (χ2n) is 3.62. The molecule has 0 heterocycles. The molecule has 0 unspecified atom stereocenters. The smallest absolute Gasteiger partial charge is 0.344 e. The molecule has 0 aromatic heterocycles. The van der Waals surface area contributed by atoms with E-state index in [1.807, 2.05) is 13.0 Å². The number of esters is 1. The summed E-state index contributed by atoms with van der Waals surface area (Å²) in [5.41, 5.74) is 1.93. The third-order valence-corrected chi connectivity index (χ3v) is 3.04. The molecule has 1 aromatic carbocycles. The number of benzene rings is 1. The summed E-state index contributed by atoms with van der Waals surface area (Å²) in [5.74, 6) is 0.520. The highest BCUT2D eigenvalue weighted by atomic mass is 35.5. The van der Waals surface area contributed by atoms with Gasteiger partial charge >= 0.3 is 5.97 Å². The Bertz CT molecular complexity index is 419.